The molecule has 1 unspecified atom stereocenters. The number of nitriles is 1. The van der Waals surface area contributed by atoms with Crippen molar-refractivity contribution in [2.75, 3.05) is 12.0 Å². The maximum absolute atomic E-state index is 11.8. The Hall–Kier alpha value is -2.28. The zero-order valence-electron chi connectivity index (χ0n) is 10.4. The molecule has 0 radical (unpaired) electrons. The Balaban J connectivity index is 2.47. The molecule has 0 fully saturated rings. The van der Waals surface area contributed by atoms with E-state index in [-0.39, 0.29) is 11.7 Å². The van der Waals surface area contributed by atoms with Crippen molar-refractivity contribution in [1.82, 2.24) is 0 Å². The molecule has 1 heterocycles. The third kappa shape index (κ3) is 1.95. The molecule has 92 valence electrons. The summed E-state index contributed by atoms with van der Waals surface area (Å²) in [5.74, 6) is -0.486. The van der Waals surface area contributed by atoms with Gasteiger partial charge in [-0.15, -0.1) is 0 Å². The lowest BCUT2D eigenvalue weighted by Gasteiger charge is -2.25. The van der Waals surface area contributed by atoms with Gasteiger partial charge >= 0.3 is 5.97 Å². The highest BCUT2D eigenvalue weighted by Crippen LogP contribution is 2.34. The minimum absolute atomic E-state index is 0.140. The minimum Gasteiger partial charge on any atom is -0.464 e. The van der Waals surface area contributed by atoms with E-state index in [0.717, 1.165) is 12.1 Å². The predicted octanol–water partition coefficient (Wildman–Crippen LogP) is 2.02. The Morgan fingerprint density at radius 3 is 2.94 bits per heavy atom. The van der Waals surface area contributed by atoms with Crippen LogP contribution in [-0.2, 0) is 16.0 Å². The quantitative estimate of drug-likeness (QED) is 0.452. The second-order valence-corrected chi connectivity index (χ2v) is 4.20. The molecule has 0 spiro atoms. The van der Waals surface area contributed by atoms with Gasteiger partial charge in [0.25, 0.3) is 0 Å². The van der Waals surface area contributed by atoms with E-state index in [2.05, 4.69) is 0 Å². The average Bonchev–Trinajstić information content (AvgIpc) is 2.71. The number of ether oxygens (including phenoxy) is 1. The molecule has 0 N–H and O–H groups in total. The van der Waals surface area contributed by atoms with Crippen LogP contribution in [-0.4, -0.2) is 19.1 Å². The lowest BCUT2D eigenvalue weighted by molar-refractivity contribution is -0.136. The summed E-state index contributed by atoms with van der Waals surface area (Å²) in [6, 6.07) is 9.93. The van der Waals surface area contributed by atoms with Crippen LogP contribution in [0, 0.1) is 11.3 Å². The molecule has 4 nitrogen and oxygen atoms in total. The van der Waals surface area contributed by atoms with Gasteiger partial charge in [-0.1, -0.05) is 18.2 Å². The second kappa shape index (κ2) is 4.92. The first kappa shape index (κ1) is 12.2. The molecule has 0 aliphatic carbocycles. The average molecular weight is 242 g/mol. The van der Waals surface area contributed by atoms with Gasteiger partial charge in [0.05, 0.1) is 13.2 Å². The summed E-state index contributed by atoms with van der Waals surface area (Å²) in [6.07, 6.45) is 2.10. The van der Waals surface area contributed by atoms with Gasteiger partial charge in [-0.25, -0.2) is 4.79 Å². The summed E-state index contributed by atoms with van der Waals surface area (Å²) in [5.41, 5.74) is 2.44. The van der Waals surface area contributed by atoms with Crippen molar-refractivity contribution in [3.63, 3.8) is 0 Å². The minimum atomic E-state index is -0.486. The molecule has 1 aromatic rings. The number of rotatable bonds is 2. The summed E-state index contributed by atoms with van der Waals surface area (Å²) in [4.78, 5) is 13.6. The largest absolute Gasteiger partial charge is 0.464 e. The van der Waals surface area contributed by atoms with Gasteiger partial charge in [0.1, 0.15) is 5.70 Å². The zero-order valence-corrected chi connectivity index (χ0v) is 10.4. The molecular formula is C14H14N2O2. The molecule has 0 saturated heterocycles. The van der Waals surface area contributed by atoms with Gasteiger partial charge in [-0.2, -0.15) is 5.26 Å². The molecule has 0 bridgehead atoms. The SMILES string of the molecule is COC(=O)C(=CC#N)N1c2ccccc2CC1C. The molecule has 1 aromatic carbocycles. The summed E-state index contributed by atoms with van der Waals surface area (Å²) < 4.78 is 4.74. The normalized spacial score (nSPS) is 18.2. The third-order valence-electron chi connectivity index (χ3n) is 3.06. The number of nitrogens with zero attached hydrogens (tertiary/aromatic N) is 2. The van der Waals surface area contributed by atoms with Crippen molar-refractivity contribution < 1.29 is 9.53 Å². The van der Waals surface area contributed by atoms with E-state index in [1.54, 1.807) is 0 Å². The number of esters is 1. The number of hydrogen-bond donors (Lipinski definition) is 0. The van der Waals surface area contributed by atoms with Gasteiger partial charge in [0, 0.05) is 17.8 Å². The first-order chi connectivity index (χ1) is 8.69. The van der Waals surface area contributed by atoms with Crippen LogP contribution in [0.15, 0.2) is 36.0 Å². The Bertz CT molecular complexity index is 543. The third-order valence-corrected chi connectivity index (χ3v) is 3.06. The second-order valence-electron chi connectivity index (χ2n) is 4.20. The van der Waals surface area contributed by atoms with Gasteiger partial charge in [-0.05, 0) is 25.0 Å². The van der Waals surface area contributed by atoms with Crippen molar-refractivity contribution in [1.29, 1.82) is 5.26 Å². The van der Waals surface area contributed by atoms with Crippen LogP contribution in [0.25, 0.3) is 0 Å². The fourth-order valence-corrected chi connectivity index (χ4v) is 2.33. The first-order valence-corrected chi connectivity index (χ1v) is 5.74. The van der Waals surface area contributed by atoms with Gasteiger partial charge < -0.3 is 9.64 Å². The summed E-state index contributed by atoms with van der Waals surface area (Å²) in [5, 5.41) is 8.81. The first-order valence-electron chi connectivity index (χ1n) is 5.74. The lowest BCUT2D eigenvalue weighted by atomic mass is 10.1. The summed E-state index contributed by atoms with van der Waals surface area (Å²) in [7, 11) is 1.32. The van der Waals surface area contributed by atoms with Crippen LogP contribution < -0.4 is 4.90 Å². The fraction of sp³-hybridized carbons (Fsp3) is 0.286. The van der Waals surface area contributed by atoms with Gasteiger partial charge in [-0.3, -0.25) is 0 Å². The number of methoxy groups -OCH3 is 1. The monoisotopic (exact) mass is 242 g/mol. The van der Waals surface area contributed by atoms with Crippen molar-refractivity contribution in [2.24, 2.45) is 0 Å². The fourth-order valence-electron chi connectivity index (χ4n) is 2.33. The van der Waals surface area contributed by atoms with Crippen LogP contribution in [0.4, 0.5) is 5.69 Å². The molecule has 0 saturated carbocycles. The maximum atomic E-state index is 11.8. The van der Waals surface area contributed by atoms with Crippen LogP contribution >= 0.6 is 0 Å². The van der Waals surface area contributed by atoms with E-state index in [1.165, 1.54) is 18.7 Å². The summed E-state index contributed by atoms with van der Waals surface area (Å²) >= 11 is 0. The van der Waals surface area contributed by atoms with Crippen molar-refractivity contribution >= 4 is 11.7 Å². The number of fused-ring (bicyclic) bond motifs is 1. The van der Waals surface area contributed by atoms with Crippen molar-refractivity contribution in [2.45, 2.75) is 19.4 Å². The van der Waals surface area contributed by atoms with E-state index in [1.807, 2.05) is 42.2 Å². The van der Waals surface area contributed by atoms with Crippen LogP contribution in [0.3, 0.4) is 0 Å². The molecule has 2 rings (SSSR count). The number of para-hydroxylation sites is 1. The van der Waals surface area contributed by atoms with E-state index in [9.17, 15) is 4.79 Å². The highest BCUT2D eigenvalue weighted by atomic mass is 16.5. The maximum Gasteiger partial charge on any atom is 0.355 e. The van der Waals surface area contributed by atoms with E-state index in [4.69, 9.17) is 10.00 Å². The Kier molecular flexibility index (Phi) is 3.33. The molecule has 0 amide bonds. The highest BCUT2D eigenvalue weighted by Gasteiger charge is 2.31. The van der Waals surface area contributed by atoms with Crippen molar-refractivity contribution in [3.05, 3.63) is 41.6 Å². The Morgan fingerprint density at radius 2 is 2.28 bits per heavy atom. The molecule has 0 aromatic heterocycles. The molecule has 1 atom stereocenters. The predicted molar refractivity (Wildman–Crippen MR) is 67.8 cm³/mol. The highest BCUT2D eigenvalue weighted by molar-refractivity contribution is 5.94. The topological polar surface area (TPSA) is 53.3 Å². The molecule has 1 aliphatic heterocycles. The number of carbonyl (C=O) groups excluding carboxylic acids is 1. The van der Waals surface area contributed by atoms with Gasteiger partial charge in [0.15, 0.2) is 0 Å². The number of benzene rings is 1. The van der Waals surface area contributed by atoms with E-state index in [0.29, 0.717) is 0 Å². The van der Waals surface area contributed by atoms with Crippen LogP contribution in [0.1, 0.15) is 12.5 Å². The summed E-state index contributed by atoms with van der Waals surface area (Å²) in [6.45, 7) is 2.02. The Labute approximate surface area is 106 Å². The Morgan fingerprint density at radius 1 is 1.56 bits per heavy atom. The zero-order chi connectivity index (χ0) is 13.1. The van der Waals surface area contributed by atoms with E-state index < -0.39 is 5.97 Å². The standard InChI is InChI=1S/C14H14N2O2/c1-10-9-11-5-3-4-6-12(11)16(10)13(7-8-15)14(17)18-2/h3-7,10H,9H2,1-2H3. The smallest absolute Gasteiger partial charge is 0.355 e. The van der Waals surface area contributed by atoms with Gasteiger partial charge in [0.2, 0.25) is 0 Å². The molecule has 1 aliphatic rings. The number of hydrogen-bond acceptors (Lipinski definition) is 4. The lowest BCUT2D eigenvalue weighted by Crippen LogP contribution is -2.33. The van der Waals surface area contributed by atoms with Crippen LogP contribution in [0.5, 0.6) is 0 Å². The van der Waals surface area contributed by atoms with Crippen molar-refractivity contribution in [3.8, 4) is 6.07 Å². The number of anilines is 1. The molecule has 18 heavy (non-hydrogen) atoms. The van der Waals surface area contributed by atoms with Crippen LogP contribution in [0.2, 0.25) is 0 Å². The molecule has 4 heteroatoms. The number of allylic oxidation sites excluding steroid dienone is 1. The molecular weight excluding hydrogens is 228 g/mol. The van der Waals surface area contributed by atoms with E-state index >= 15 is 0 Å². The number of carbonyl (C=O) groups is 1.